The van der Waals surface area contributed by atoms with Gasteiger partial charge in [0.25, 0.3) is 0 Å². The van der Waals surface area contributed by atoms with Crippen molar-refractivity contribution in [3.8, 4) is 0 Å². The summed E-state index contributed by atoms with van der Waals surface area (Å²) in [5, 5.41) is 6.17. The summed E-state index contributed by atoms with van der Waals surface area (Å²) >= 11 is 0. The smallest absolute Gasteiger partial charge is 0.234 e. The van der Waals surface area contributed by atoms with Crippen LogP contribution in [-0.4, -0.2) is 25.5 Å². The Labute approximate surface area is 110 Å². The van der Waals surface area contributed by atoms with Gasteiger partial charge in [0.15, 0.2) is 0 Å². The molecule has 2 N–H and O–H groups in total. The van der Waals surface area contributed by atoms with Gasteiger partial charge in [-0.1, -0.05) is 0 Å². The molecule has 4 bridgehead atoms. The molecule has 0 saturated heterocycles. The molecule has 4 fully saturated rings. The molecule has 0 aliphatic heterocycles. The van der Waals surface area contributed by atoms with Crippen LogP contribution < -0.4 is 10.6 Å². The first-order valence-corrected chi connectivity index (χ1v) is 7.55. The van der Waals surface area contributed by atoms with Crippen molar-refractivity contribution in [3.63, 3.8) is 0 Å². The van der Waals surface area contributed by atoms with Gasteiger partial charge in [0, 0.05) is 6.04 Å². The lowest BCUT2D eigenvalue weighted by Crippen LogP contribution is -2.56. The van der Waals surface area contributed by atoms with E-state index in [-0.39, 0.29) is 5.91 Å². The van der Waals surface area contributed by atoms with Gasteiger partial charge in [-0.2, -0.15) is 0 Å². The standard InChI is InChI=1S/C15H26N2O/c1-10(17-14(18)9-16-2)15-6-11-3-12(7-15)5-13(4-11)8-15/h10-13,16H,3-9H2,1-2H3,(H,17,18)/t10-,11?,12?,13?,15?/m0/s1. The fourth-order valence-corrected chi connectivity index (χ4v) is 5.31. The Bertz CT molecular complexity index is 304. The summed E-state index contributed by atoms with van der Waals surface area (Å²) in [6, 6.07) is 0.353. The third-order valence-corrected chi connectivity index (χ3v) is 5.72. The van der Waals surface area contributed by atoms with Gasteiger partial charge in [0.05, 0.1) is 6.54 Å². The van der Waals surface area contributed by atoms with E-state index in [1.165, 1.54) is 38.5 Å². The molecule has 102 valence electrons. The van der Waals surface area contributed by atoms with Crippen molar-refractivity contribution in [2.45, 2.75) is 51.5 Å². The zero-order valence-electron chi connectivity index (χ0n) is 11.7. The van der Waals surface area contributed by atoms with E-state index in [9.17, 15) is 4.79 Å². The van der Waals surface area contributed by atoms with Crippen molar-refractivity contribution in [2.24, 2.45) is 23.2 Å². The van der Waals surface area contributed by atoms with E-state index in [2.05, 4.69) is 17.6 Å². The molecule has 0 heterocycles. The van der Waals surface area contributed by atoms with E-state index >= 15 is 0 Å². The van der Waals surface area contributed by atoms with Gasteiger partial charge in [-0.15, -0.1) is 0 Å². The van der Waals surface area contributed by atoms with Gasteiger partial charge in [0.1, 0.15) is 0 Å². The highest BCUT2D eigenvalue weighted by Crippen LogP contribution is 2.61. The zero-order valence-corrected chi connectivity index (χ0v) is 11.7. The van der Waals surface area contributed by atoms with Crippen molar-refractivity contribution < 1.29 is 4.79 Å². The quantitative estimate of drug-likeness (QED) is 0.800. The first-order chi connectivity index (χ1) is 8.61. The third kappa shape index (κ3) is 2.07. The summed E-state index contributed by atoms with van der Waals surface area (Å²) < 4.78 is 0. The van der Waals surface area contributed by atoms with E-state index in [1.807, 2.05) is 7.05 Å². The van der Waals surface area contributed by atoms with Crippen LogP contribution in [0.1, 0.15) is 45.4 Å². The Hall–Kier alpha value is -0.570. The Morgan fingerprint density at radius 3 is 2.11 bits per heavy atom. The molecule has 1 amide bonds. The average Bonchev–Trinajstić information content (AvgIpc) is 2.27. The van der Waals surface area contributed by atoms with E-state index in [4.69, 9.17) is 0 Å². The lowest BCUT2D eigenvalue weighted by molar-refractivity contribution is -0.125. The number of nitrogens with one attached hydrogen (secondary N) is 2. The second-order valence-electron chi connectivity index (χ2n) is 7.10. The number of likely N-dealkylation sites (N-methyl/N-ethyl adjacent to an activating group) is 1. The molecule has 0 aromatic heterocycles. The van der Waals surface area contributed by atoms with Crippen LogP contribution in [0.4, 0.5) is 0 Å². The highest BCUT2D eigenvalue weighted by molar-refractivity contribution is 5.78. The topological polar surface area (TPSA) is 41.1 Å². The van der Waals surface area contributed by atoms with Crippen LogP contribution in [0.5, 0.6) is 0 Å². The molecule has 1 atom stereocenters. The predicted molar refractivity (Wildman–Crippen MR) is 72.1 cm³/mol. The van der Waals surface area contributed by atoms with E-state index < -0.39 is 0 Å². The average molecular weight is 250 g/mol. The Morgan fingerprint density at radius 2 is 1.67 bits per heavy atom. The maximum absolute atomic E-state index is 11.8. The molecule has 4 aliphatic carbocycles. The van der Waals surface area contributed by atoms with Crippen molar-refractivity contribution in [3.05, 3.63) is 0 Å². The number of amides is 1. The highest BCUT2D eigenvalue weighted by Gasteiger charge is 2.53. The molecule has 3 nitrogen and oxygen atoms in total. The third-order valence-electron chi connectivity index (χ3n) is 5.72. The fraction of sp³-hybridized carbons (Fsp3) is 0.933. The number of carbonyl (C=O) groups excluding carboxylic acids is 1. The van der Waals surface area contributed by atoms with Crippen LogP contribution in [0.25, 0.3) is 0 Å². The molecule has 0 aromatic rings. The number of carbonyl (C=O) groups is 1. The summed E-state index contributed by atoms with van der Waals surface area (Å²) in [5.41, 5.74) is 0.429. The molecule has 0 aromatic carbocycles. The van der Waals surface area contributed by atoms with Crippen molar-refractivity contribution in [2.75, 3.05) is 13.6 Å². The number of hydrogen-bond donors (Lipinski definition) is 2. The van der Waals surface area contributed by atoms with Crippen molar-refractivity contribution in [1.29, 1.82) is 0 Å². The van der Waals surface area contributed by atoms with Gasteiger partial charge in [-0.05, 0) is 75.7 Å². The molecule has 4 saturated carbocycles. The molecule has 4 rings (SSSR count). The first kappa shape index (κ1) is 12.5. The Balaban J connectivity index is 1.69. The van der Waals surface area contributed by atoms with E-state index in [0.717, 1.165) is 17.8 Å². The van der Waals surface area contributed by atoms with Crippen LogP contribution in [0.2, 0.25) is 0 Å². The van der Waals surface area contributed by atoms with E-state index in [0.29, 0.717) is 18.0 Å². The Morgan fingerprint density at radius 1 is 1.17 bits per heavy atom. The summed E-state index contributed by atoms with van der Waals surface area (Å²) in [4.78, 5) is 11.8. The minimum absolute atomic E-state index is 0.153. The molecule has 0 radical (unpaired) electrons. The van der Waals surface area contributed by atoms with Gasteiger partial charge in [-0.3, -0.25) is 4.79 Å². The maximum Gasteiger partial charge on any atom is 0.234 e. The van der Waals surface area contributed by atoms with Crippen LogP contribution in [0.3, 0.4) is 0 Å². The number of rotatable bonds is 4. The summed E-state index contributed by atoms with van der Waals surface area (Å²) in [5.74, 6) is 3.03. The van der Waals surface area contributed by atoms with Gasteiger partial charge in [0.2, 0.25) is 5.91 Å². The van der Waals surface area contributed by atoms with Crippen LogP contribution in [0.15, 0.2) is 0 Å². The first-order valence-electron chi connectivity index (χ1n) is 7.55. The largest absolute Gasteiger partial charge is 0.352 e. The lowest BCUT2D eigenvalue weighted by Gasteiger charge is -2.59. The number of hydrogen-bond acceptors (Lipinski definition) is 2. The van der Waals surface area contributed by atoms with Gasteiger partial charge in [-0.25, -0.2) is 0 Å². The van der Waals surface area contributed by atoms with Crippen molar-refractivity contribution in [1.82, 2.24) is 10.6 Å². The molecular formula is C15H26N2O. The van der Waals surface area contributed by atoms with Crippen LogP contribution in [-0.2, 0) is 4.79 Å². The fourth-order valence-electron chi connectivity index (χ4n) is 5.31. The minimum atomic E-state index is 0.153. The van der Waals surface area contributed by atoms with Gasteiger partial charge < -0.3 is 10.6 Å². The minimum Gasteiger partial charge on any atom is -0.352 e. The lowest BCUT2D eigenvalue weighted by atomic mass is 9.48. The second kappa shape index (κ2) is 4.52. The maximum atomic E-state index is 11.8. The second-order valence-corrected chi connectivity index (χ2v) is 7.10. The molecule has 4 aliphatic rings. The zero-order chi connectivity index (χ0) is 12.8. The van der Waals surface area contributed by atoms with E-state index in [1.54, 1.807) is 0 Å². The highest BCUT2D eigenvalue weighted by atomic mass is 16.1. The predicted octanol–water partition coefficient (Wildman–Crippen LogP) is 1.93. The molecule has 0 spiro atoms. The normalized spacial score (nSPS) is 42.9. The molecule has 3 heteroatoms. The summed E-state index contributed by atoms with van der Waals surface area (Å²) in [6.45, 7) is 2.68. The summed E-state index contributed by atoms with van der Waals surface area (Å²) in [6.07, 6.45) is 8.49. The van der Waals surface area contributed by atoms with Crippen molar-refractivity contribution >= 4 is 5.91 Å². The molecule has 0 unspecified atom stereocenters. The van der Waals surface area contributed by atoms with Crippen LogP contribution >= 0.6 is 0 Å². The SMILES string of the molecule is CNCC(=O)N[C@@H](C)C12CC3CC(CC(C3)C1)C2. The monoisotopic (exact) mass is 250 g/mol. The molecular weight excluding hydrogens is 224 g/mol. The molecule has 18 heavy (non-hydrogen) atoms. The van der Waals surface area contributed by atoms with Crippen LogP contribution in [0, 0.1) is 23.2 Å². The Kier molecular flexibility index (Phi) is 3.13. The van der Waals surface area contributed by atoms with Gasteiger partial charge >= 0.3 is 0 Å². The summed E-state index contributed by atoms with van der Waals surface area (Å²) in [7, 11) is 1.83.